The summed E-state index contributed by atoms with van der Waals surface area (Å²) in [6, 6.07) is 8.10. The lowest BCUT2D eigenvalue weighted by Crippen LogP contribution is -2.43. The number of benzene rings is 2. The Labute approximate surface area is 189 Å². The number of aromatic nitrogens is 4. The predicted molar refractivity (Wildman–Crippen MR) is 118 cm³/mol. The van der Waals surface area contributed by atoms with E-state index >= 15 is 0 Å². The molecule has 7 nitrogen and oxygen atoms in total. The van der Waals surface area contributed by atoms with Crippen LogP contribution in [0, 0.1) is 12.7 Å². The molecule has 2 heterocycles. The van der Waals surface area contributed by atoms with Crippen molar-refractivity contribution in [1.29, 1.82) is 0 Å². The Hall–Kier alpha value is -3.39. The van der Waals surface area contributed by atoms with Crippen LogP contribution < -0.4 is 0 Å². The molecule has 0 fully saturated rings. The third kappa shape index (κ3) is 3.93. The largest absolute Gasteiger partial charge is 0.325 e. The zero-order valence-corrected chi connectivity index (χ0v) is 18.4. The van der Waals surface area contributed by atoms with Crippen molar-refractivity contribution in [2.24, 2.45) is 0 Å². The van der Waals surface area contributed by atoms with Gasteiger partial charge in [0.25, 0.3) is 0 Å². The van der Waals surface area contributed by atoms with Crippen LogP contribution in [0.3, 0.4) is 0 Å². The van der Waals surface area contributed by atoms with E-state index in [0.29, 0.717) is 25.1 Å². The van der Waals surface area contributed by atoms with Crippen LogP contribution in [0.25, 0.3) is 11.8 Å². The standard InChI is InChI=1S/C23H21ClFN5O2/c1-3-20(31)23-16-6-4-5-14(2)15(16)11-12-29(23)21(32)10-7-17-19(30-13-26-27-28-30)9-8-18(24)22(17)25/h4-10,13,23H,3,11-12H2,1-2H3/b10-7+. The predicted octanol–water partition coefficient (Wildman–Crippen LogP) is 3.88. The molecule has 2 aromatic carbocycles. The number of Topliss-reactive ketones (excluding diaryl/α,β-unsaturated/α-hetero) is 1. The van der Waals surface area contributed by atoms with E-state index in [1.807, 2.05) is 25.1 Å². The third-order valence-corrected chi connectivity index (χ3v) is 5.98. The van der Waals surface area contributed by atoms with Crippen LogP contribution in [0.5, 0.6) is 0 Å². The first kappa shape index (κ1) is 21.8. The van der Waals surface area contributed by atoms with Crippen molar-refractivity contribution in [1.82, 2.24) is 25.1 Å². The molecule has 1 aliphatic heterocycles. The van der Waals surface area contributed by atoms with E-state index in [9.17, 15) is 14.0 Å². The van der Waals surface area contributed by atoms with Gasteiger partial charge in [-0.2, -0.15) is 4.68 Å². The van der Waals surface area contributed by atoms with Crippen LogP contribution >= 0.6 is 11.6 Å². The SMILES string of the molecule is CCC(=O)C1c2cccc(C)c2CCN1C(=O)/C=C/c1c(-n2cnnn2)ccc(Cl)c1F. The molecule has 1 aliphatic rings. The van der Waals surface area contributed by atoms with Gasteiger partial charge in [0, 0.05) is 24.6 Å². The van der Waals surface area contributed by atoms with Crippen molar-refractivity contribution in [3.8, 4) is 5.69 Å². The Balaban J connectivity index is 1.70. The number of tetrazole rings is 1. The molecule has 0 saturated heterocycles. The molecule has 9 heteroatoms. The van der Waals surface area contributed by atoms with Crippen molar-refractivity contribution in [2.45, 2.75) is 32.7 Å². The quantitative estimate of drug-likeness (QED) is 0.547. The number of carbonyl (C=O) groups excluding carboxylic acids is 2. The monoisotopic (exact) mass is 453 g/mol. The second-order valence-electron chi connectivity index (χ2n) is 7.53. The number of ketones is 1. The number of fused-ring (bicyclic) bond motifs is 1. The van der Waals surface area contributed by atoms with Gasteiger partial charge in [-0.3, -0.25) is 9.59 Å². The minimum atomic E-state index is -0.690. The zero-order chi connectivity index (χ0) is 22.8. The normalized spacial score (nSPS) is 15.8. The zero-order valence-electron chi connectivity index (χ0n) is 17.6. The second-order valence-corrected chi connectivity index (χ2v) is 7.94. The molecule has 164 valence electrons. The van der Waals surface area contributed by atoms with E-state index in [1.165, 1.54) is 29.2 Å². The average molecular weight is 454 g/mol. The molecule has 1 unspecified atom stereocenters. The first-order valence-electron chi connectivity index (χ1n) is 10.2. The smallest absolute Gasteiger partial charge is 0.247 e. The number of nitrogens with zero attached hydrogens (tertiary/aromatic N) is 5. The van der Waals surface area contributed by atoms with Gasteiger partial charge in [0.1, 0.15) is 12.4 Å². The van der Waals surface area contributed by atoms with Crippen molar-refractivity contribution >= 4 is 29.4 Å². The summed E-state index contributed by atoms with van der Waals surface area (Å²) in [5.41, 5.74) is 3.47. The van der Waals surface area contributed by atoms with Crippen LogP contribution in [0.4, 0.5) is 4.39 Å². The highest BCUT2D eigenvalue weighted by Gasteiger charge is 2.34. The molecule has 0 spiro atoms. The van der Waals surface area contributed by atoms with Gasteiger partial charge in [-0.25, -0.2) is 4.39 Å². The fourth-order valence-corrected chi connectivity index (χ4v) is 4.23. The molecular weight excluding hydrogens is 433 g/mol. The first-order valence-corrected chi connectivity index (χ1v) is 10.6. The molecule has 0 bridgehead atoms. The number of carbonyl (C=O) groups is 2. The number of aryl methyl sites for hydroxylation is 1. The van der Waals surface area contributed by atoms with Gasteiger partial charge < -0.3 is 4.90 Å². The highest BCUT2D eigenvalue weighted by molar-refractivity contribution is 6.31. The van der Waals surface area contributed by atoms with E-state index in [2.05, 4.69) is 15.5 Å². The second kappa shape index (κ2) is 9.00. The van der Waals surface area contributed by atoms with Gasteiger partial charge in [0.2, 0.25) is 5.91 Å². The molecule has 1 aromatic heterocycles. The van der Waals surface area contributed by atoms with Crippen molar-refractivity contribution < 1.29 is 14.0 Å². The van der Waals surface area contributed by atoms with Crippen LogP contribution in [0.15, 0.2) is 42.7 Å². The topological polar surface area (TPSA) is 81.0 Å². The summed E-state index contributed by atoms with van der Waals surface area (Å²) in [6.45, 7) is 4.19. The molecule has 1 amide bonds. The highest BCUT2D eigenvalue weighted by atomic mass is 35.5. The average Bonchev–Trinajstić information content (AvgIpc) is 3.33. The molecular formula is C23H21ClFN5O2. The van der Waals surface area contributed by atoms with Gasteiger partial charge >= 0.3 is 0 Å². The van der Waals surface area contributed by atoms with Crippen LogP contribution in [-0.4, -0.2) is 43.3 Å². The summed E-state index contributed by atoms with van der Waals surface area (Å²) in [4.78, 5) is 27.5. The third-order valence-electron chi connectivity index (χ3n) is 5.69. The van der Waals surface area contributed by atoms with Crippen LogP contribution in [0.2, 0.25) is 5.02 Å². The van der Waals surface area contributed by atoms with E-state index < -0.39 is 11.9 Å². The van der Waals surface area contributed by atoms with Gasteiger partial charge in [-0.05, 0) is 58.7 Å². The maximum atomic E-state index is 14.8. The molecule has 3 aromatic rings. The van der Waals surface area contributed by atoms with Gasteiger partial charge in [0.05, 0.1) is 10.7 Å². The number of amides is 1. The Morgan fingerprint density at radius 1 is 1.28 bits per heavy atom. The van der Waals surface area contributed by atoms with Gasteiger partial charge in [-0.1, -0.05) is 36.7 Å². The maximum absolute atomic E-state index is 14.8. The molecule has 0 aliphatic carbocycles. The molecule has 4 rings (SSSR count). The lowest BCUT2D eigenvalue weighted by Gasteiger charge is -2.36. The van der Waals surface area contributed by atoms with Gasteiger partial charge in [-0.15, -0.1) is 5.10 Å². The van der Waals surface area contributed by atoms with Crippen LogP contribution in [-0.2, 0) is 16.0 Å². The summed E-state index contributed by atoms with van der Waals surface area (Å²) in [7, 11) is 0. The molecule has 0 saturated carbocycles. The Morgan fingerprint density at radius 3 is 2.81 bits per heavy atom. The molecule has 0 N–H and O–H groups in total. The summed E-state index contributed by atoms with van der Waals surface area (Å²) in [5, 5.41) is 10.8. The number of hydrogen-bond acceptors (Lipinski definition) is 5. The first-order chi connectivity index (χ1) is 15.4. The van der Waals surface area contributed by atoms with Crippen LogP contribution in [0.1, 0.15) is 41.6 Å². The fourth-order valence-electron chi connectivity index (χ4n) is 4.07. The van der Waals surface area contributed by atoms with Crippen molar-refractivity contribution in [3.63, 3.8) is 0 Å². The summed E-state index contributed by atoms with van der Waals surface area (Å²) in [6.07, 6.45) is 4.88. The number of halogens is 2. The summed E-state index contributed by atoms with van der Waals surface area (Å²) in [5.74, 6) is -1.11. The number of hydrogen-bond donors (Lipinski definition) is 0. The minimum absolute atomic E-state index is 0.0402. The summed E-state index contributed by atoms with van der Waals surface area (Å²) < 4.78 is 16.1. The maximum Gasteiger partial charge on any atom is 0.247 e. The van der Waals surface area contributed by atoms with E-state index in [4.69, 9.17) is 11.6 Å². The molecule has 0 radical (unpaired) electrons. The fraction of sp³-hybridized carbons (Fsp3) is 0.261. The molecule has 1 atom stereocenters. The van der Waals surface area contributed by atoms with E-state index in [1.54, 1.807) is 17.9 Å². The number of rotatable bonds is 5. The molecule has 32 heavy (non-hydrogen) atoms. The highest BCUT2D eigenvalue weighted by Crippen LogP contribution is 2.33. The lowest BCUT2D eigenvalue weighted by atomic mass is 9.86. The minimum Gasteiger partial charge on any atom is -0.325 e. The Morgan fingerprint density at radius 2 is 2.09 bits per heavy atom. The lowest BCUT2D eigenvalue weighted by molar-refractivity contribution is -0.136. The van der Waals surface area contributed by atoms with Gasteiger partial charge in [0.15, 0.2) is 11.6 Å². The summed E-state index contributed by atoms with van der Waals surface area (Å²) >= 11 is 5.96. The Bertz CT molecular complexity index is 1210. The Kier molecular flexibility index (Phi) is 6.14. The van der Waals surface area contributed by atoms with E-state index in [0.717, 1.165) is 16.7 Å². The van der Waals surface area contributed by atoms with E-state index in [-0.39, 0.29) is 22.3 Å². The van der Waals surface area contributed by atoms with Crippen molar-refractivity contribution in [2.75, 3.05) is 6.54 Å². The van der Waals surface area contributed by atoms with Crippen molar-refractivity contribution in [3.05, 3.63) is 75.8 Å².